The number of nitrogens with zero attached hydrogens (tertiary/aromatic N) is 4. The molecule has 1 saturated carbocycles. The molecular formula is C24H23F5N6O3S. The van der Waals surface area contributed by atoms with Crippen molar-refractivity contribution in [2.24, 2.45) is 16.6 Å². The van der Waals surface area contributed by atoms with Crippen LogP contribution in [0.2, 0.25) is 0 Å². The minimum Gasteiger partial charge on any atom is -0.467 e. The Kier molecular flexibility index (Phi) is 6.67. The Balaban J connectivity index is 1.34. The predicted molar refractivity (Wildman–Crippen MR) is 131 cm³/mol. The van der Waals surface area contributed by atoms with Crippen molar-refractivity contribution in [2.75, 3.05) is 25.0 Å². The highest BCUT2D eigenvalue weighted by molar-refractivity contribution is 8.15. The molecule has 0 radical (unpaired) electrons. The van der Waals surface area contributed by atoms with Crippen molar-refractivity contribution in [3.05, 3.63) is 47.7 Å². The fourth-order valence-electron chi connectivity index (χ4n) is 5.07. The van der Waals surface area contributed by atoms with Gasteiger partial charge in [0.05, 0.1) is 24.5 Å². The number of fused-ring (bicyclic) bond motifs is 1. The van der Waals surface area contributed by atoms with E-state index in [0.717, 1.165) is 30.2 Å². The van der Waals surface area contributed by atoms with Gasteiger partial charge in [0.2, 0.25) is 11.8 Å². The molecule has 3 N–H and O–H groups in total. The monoisotopic (exact) mass is 570 g/mol. The van der Waals surface area contributed by atoms with Crippen LogP contribution in [0.1, 0.15) is 35.8 Å². The molecule has 4 atom stereocenters. The summed E-state index contributed by atoms with van der Waals surface area (Å²) in [4.78, 5) is 39.4. The van der Waals surface area contributed by atoms with Crippen molar-refractivity contribution in [1.29, 1.82) is 0 Å². The molecule has 208 valence electrons. The van der Waals surface area contributed by atoms with E-state index in [2.05, 4.69) is 25.0 Å². The zero-order valence-corrected chi connectivity index (χ0v) is 21.3. The van der Waals surface area contributed by atoms with Crippen LogP contribution >= 0.6 is 11.8 Å². The van der Waals surface area contributed by atoms with Gasteiger partial charge in [0.15, 0.2) is 11.8 Å². The topological polar surface area (TPSA) is 123 Å². The molecule has 3 heterocycles. The van der Waals surface area contributed by atoms with Crippen LogP contribution < -0.4 is 15.8 Å². The number of amidine groups is 1. The van der Waals surface area contributed by atoms with Gasteiger partial charge >= 0.3 is 6.18 Å². The maximum Gasteiger partial charge on any atom is 0.422 e. The Morgan fingerprint density at radius 1 is 1.28 bits per heavy atom. The van der Waals surface area contributed by atoms with Crippen molar-refractivity contribution < 1.29 is 36.3 Å². The normalized spacial score (nSPS) is 27.9. The van der Waals surface area contributed by atoms with Gasteiger partial charge in [0, 0.05) is 23.7 Å². The van der Waals surface area contributed by atoms with Crippen molar-refractivity contribution in [3.8, 4) is 5.88 Å². The van der Waals surface area contributed by atoms with Crippen molar-refractivity contribution >= 4 is 34.4 Å². The van der Waals surface area contributed by atoms with Gasteiger partial charge in [-0.1, -0.05) is 11.8 Å². The number of anilines is 1. The molecule has 2 amide bonds. The second kappa shape index (κ2) is 9.61. The number of likely N-dealkylation sites (tertiary alicyclic amines) is 1. The lowest BCUT2D eigenvalue weighted by Gasteiger charge is -2.35. The first-order valence-electron chi connectivity index (χ1n) is 11.9. The summed E-state index contributed by atoms with van der Waals surface area (Å²) in [5.41, 5.74) is 4.94. The maximum absolute atomic E-state index is 15.2. The molecule has 1 aromatic carbocycles. The van der Waals surface area contributed by atoms with E-state index in [4.69, 9.17) is 5.73 Å². The zero-order chi connectivity index (χ0) is 28.2. The molecule has 2 aliphatic heterocycles. The number of benzene rings is 1. The van der Waals surface area contributed by atoms with Gasteiger partial charge < -0.3 is 20.7 Å². The SMILES string of the molecule is C[C@]1(c2cc(NC(=O)c3cnc(OCC(F)(F)F)cn3)ccc2F)N=C(N)S[C@@]2(C(=O)N3CC[C@H](F)C3)CC21. The fourth-order valence-corrected chi connectivity index (χ4v) is 6.52. The average Bonchev–Trinajstić information content (AvgIpc) is 3.48. The highest BCUT2D eigenvalue weighted by atomic mass is 32.2. The third-order valence-electron chi connectivity index (χ3n) is 7.01. The molecular weight excluding hydrogens is 547 g/mol. The number of carbonyl (C=O) groups excluding carboxylic acids is 2. The number of nitrogens with one attached hydrogen (secondary N) is 1. The number of alkyl halides is 4. The second-order valence-electron chi connectivity index (χ2n) is 9.78. The van der Waals surface area contributed by atoms with Crippen LogP contribution in [0.15, 0.2) is 35.6 Å². The van der Waals surface area contributed by atoms with Gasteiger partial charge in [-0.25, -0.2) is 18.7 Å². The predicted octanol–water partition coefficient (Wildman–Crippen LogP) is 3.41. The number of aliphatic imine (C=N–C) groups is 1. The molecule has 15 heteroatoms. The Bertz CT molecular complexity index is 1340. The minimum atomic E-state index is -4.56. The summed E-state index contributed by atoms with van der Waals surface area (Å²) in [7, 11) is 0. The Morgan fingerprint density at radius 2 is 2.05 bits per heavy atom. The average molecular weight is 571 g/mol. The number of halogens is 5. The van der Waals surface area contributed by atoms with Crippen LogP contribution in [-0.2, 0) is 10.3 Å². The molecule has 0 spiro atoms. The molecule has 0 bridgehead atoms. The number of aromatic nitrogens is 2. The Morgan fingerprint density at radius 3 is 2.69 bits per heavy atom. The van der Waals surface area contributed by atoms with Gasteiger partial charge in [-0.2, -0.15) is 13.2 Å². The number of hydrogen-bond donors (Lipinski definition) is 2. The van der Waals surface area contributed by atoms with Gasteiger partial charge in [0.25, 0.3) is 5.91 Å². The van der Waals surface area contributed by atoms with Crippen LogP contribution in [0.4, 0.5) is 27.6 Å². The molecule has 39 heavy (non-hydrogen) atoms. The van der Waals surface area contributed by atoms with Crippen molar-refractivity contribution in [3.63, 3.8) is 0 Å². The molecule has 3 aliphatic rings. The Hall–Kier alpha value is -3.49. The highest BCUT2D eigenvalue weighted by Gasteiger charge is 2.71. The summed E-state index contributed by atoms with van der Waals surface area (Å²) in [6.07, 6.45) is -3.18. The molecule has 1 unspecified atom stereocenters. The first-order valence-corrected chi connectivity index (χ1v) is 12.7. The van der Waals surface area contributed by atoms with E-state index >= 15 is 4.39 Å². The summed E-state index contributed by atoms with van der Waals surface area (Å²) in [5, 5.41) is 2.65. The van der Waals surface area contributed by atoms with Gasteiger partial charge in [-0.15, -0.1) is 0 Å². The fraction of sp³-hybridized carbons (Fsp3) is 0.458. The van der Waals surface area contributed by atoms with E-state index in [1.165, 1.54) is 17.0 Å². The molecule has 1 aliphatic carbocycles. The summed E-state index contributed by atoms with van der Waals surface area (Å²) >= 11 is 1.11. The third kappa shape index (κ3) is 5.23. The standard InChI is InChI=1S/C24H23F5N6O3S/c1-22(17-7-23(17,39-21(30)34-22)20(37)35-5-4-12(25)10-35)14-6-13(2-3-15(14)26)33-19(36)16-8-32-18(9-31-16)38-11-24(27,28)29/h2-3,6,8-9,12,17H,4-5,7,10-11H2,1H3,(H2,30,34)(H,33,36)/t12-,17?,22+,23-/m0/s1. The molecule has 9 nitrogen and oxygen atoms in total. The van der Waals surface area contributed by atoms with Crippen LogP contribution in [0.3, 0.4) is 0 Å². The molecule has 1 aromatic heterocycles. The number of hydrogen-bond acceptors (Lipinski definition) is 8. The Labute approximate surface area is 223 Å². The highest BCUT2D eigenvalue weighted by Crippen LogP contribution is 2.66. The summed E-state index contributed by atoms with van der Waals surface area (Å²) in [6, 6.07) is 3.84. The largest absolute Gasteiger partial charge is 0.467 e. The van der Waals surface area contributed by atoms with Gasteiger partial charge in [-0.05, 0) is 38.0 Å². The van der Waals surface area contributed by atoms with Crippen molar-refractivity contribution in [1.82, 2.24) is 14.9 Å². The van der Waals surface area contributed by atoms with E-state index in [0.29, 0.717) is 13.0 Å². The number of amides is 2. The smallest absolute Gasteiger partial charge is 0.422 e. The summed E-state index contributed by atoms with van der Waals surface area (Å²) in [5.74, 6) is -2.44. The van der Waals surface area contributed by atoms with Crippen LogP contribution in [0, 0.1) is 11.7 Å². The van der Waals surface area contributed by atoms with Gasteiger partial charge in [0.1, 0.15) is 22.4 Å². The molecule has 5 rings (SSSR count). The first kappa shape index (κ1) is 27.1. The molecule has 2 fully saturated rings. The van der Waals surface area contributed by atoms with Crippen LogP contribution in [0.25, 0.3) is 0 Å². The lowest BCUT2D eigenvalue weighted by atomic mass is 9.85. The second-order valence-corrected chi connectivity index (χ2v) is 11.1. The van der Waals surface area contributed by atoms with E-state index in [9.17, 15) is 27.2 Å². The lowest BCUT2D eigenvalue weighted by molar-refractivity contribution is -0.154. The molecule has 2 aromatic rings. The third-order valence-corrected chi connectivity index (χ3v) is 8.30. The maximum atomic E-state index is 15.2. The number of thioether (sulfide) groups is 1. The quantitative estimate of drug-likeness (QED) is 0.511. The van der Waals surface area contributed by atoms with Crippen LogP contribution in [-0.4, -0.2) is 68.6 Å². The van der Waals surface area contributed by atoms with Crippen molar-refractivity contribution in [2.45, 2.75) is 42.4 Å². The summed E-state index contributed by atoms with van der Waals surface area (Å²) in [6.45, 7) is 0.418. The van der Waals surface area contributed by atoms with Gasteiger partial charge in [-0.3, -0.25) is 14.6 Å². The van der Waals surface area contributed by atoms with E-state index < -0.39 is 52.8 Å². The molecule has 1 saturated heterocycles. The number of rotatable bonds is 6. The van der Waals surface area contributed by atoms with E-state index in [1.807, 2.05) is 0 Å². The lowest BCUT2D eigenvalue weighted by Crippen LogP contribution is -2.45. The number of carbonyl (C=O) groups is 2. The summed E-state index contributed by atoms with van der Waals surface area (Å²) < 4.78 is 69.3. The van der Waals surface area contributed by atoms with E-state index in [-0.39, 0.29) is 41.0 Å². The minimum absolute atomic E-state index is 0.00975. The van der Waals surface area contributed by atoms with E-state index in [1.54, 1.807) is 6.92 Å². The van der Waals surface area contributed by atoms with Crippen LogP contribution in [0.5, 0.6) is 5.88 Å². The number of nitrogens with two attached hydrogens (primary N) is 1. The zero-order valence-electron chi connectivity index (χ0n) is 20.5. The number of ether oxygens (including phenoxy) is 1. The first-order chi connectivity index (χ1) is 18.3.